The average molecular weight is 346 g/mol. The van der Waals surface area contributed by atoms with E-state index in [1.54, 1.807) is 0 Å². The number of allylic oxidation sites excluding steroid dienone is 2. The molecule has 2 bridgehead atoms. The molecule has 2 fully saturated rings. The van der Waals surface area contributed by atoms with Gasteiger partial charge in [-0.25, -0.2) is 0 Å². The topological polar surface area (TPSA) is 80.4 Å². The second-order valence-corrected chi connectivity index (χ2v) is 7.90. The highest BCUT2D eigenvalue weighted by atomic mass is 35.5. The highest BCUT2D eigenvalue weighted by molar-refractivity contribution is 6.30. The molecule has 0 radical (unpaired) electrons. The molecule has 0 saturated heterocycles. The quantitative estimate of drug-likeness (QED) is 0.805. The number of primary amides is 1. The van der Waals surface area contributed by atoms with Crippen LogP contribution >= 0.6 is 11.6 Å². The van der Waals surface area contributed by atoms with Crippen LogP contribution in [0.15, 0.2) is 36.4 Å². The van der Waals surface area contributed by atoms with E-state index in [9.17, 15) is 14.7 Å². The summed E-state index contributed by atoms with van der Waals surface area (Å²) in [6.45, 7) is 0. The number of halogens is 1. The van der Waals surface area contributed by atoms with Gasteiger partial charge in [-0.05, 0) is 60.6 Å². The van der Waals surface area contributed by atoms with E-state index in [0.717, 1.165) is 18.4 Å². The molecule has 3 aliphatic carbocycles. The first-order chi connectivity index (χ1) is 11.4. The summed E-state index contributed by atoms with van der Waals surface area (Å²) in [6, 6.07) is 7.46. The van der Waals surface area contributed by atoms with Gasteiger partial charge >= 0.3 is 5.97 Å². The van der Waals surface area contributed by atoms with E-state index >= 15 is 0 Å². The van der Waals surface area contributed by atoms with Crippen molar-refractivity contribution in [2.45, 2.75) is 25.7 Å². The Bertz CT molecular complexity index is 737. The van der Waals surface area contributed by atoms with Crippen LogP contribution in [0, 0.1) is 28.6 Å². The number of aliphatic carboxylic acids is 1. The second kappa shape index (κ2) is 5.09. The van der Waals surface area contributed by atoms with Gasteiger partial charge in [-0.15, -0.1) is 0 Å². The van der Waals surface area contributed by atoms with Crippen molar-refractivity contribution in [1.82, 2.24) is 0 Å². The van der Waals surface area contributed by atoms with Crippen molar-refractivity contribution < 1.29 is 14.7 Å². The van der Waals surface area contributed by atoms with Crippen LogP contribution in [0.2, 0.25) is 5.02 Å². The Morgan fingerprint density at radius 2 is 1.88 bits per heavy atom. The molecule has 24 heavy (non-hydrogen) atoms. The predicted octanol–water partition coefficient (Wildman–Crippen LogP) is 3.04. The van der Waals surface area contributed by atoms with Gasteiger partial charge in [0.15, 0.2) is 0 Å². The Hall–Kier alpha value is -1.81. The van der Waals surface area contributed by atoms with E-state index in [1.807, 2.05) is 30.3 Å². The Balaban J connectivity index is 1.70. The van der Waals surface area contributed by atoms with Crippen LogP contribution in [-0.4, -0.2) is 17.0 Å². The highest BCUT2D eigenvalue weighted by Crippen LogP contribution is 2.76. The molecule has 4 nitrogen and oxygen atoms in total. The molecule has 4 atom stereocenters. The van der Waals surface area contributed by atoms with Crippen molar-refractivity contribution in [2.75, 3.05) is 0 Å². The lowest BCUT2D eigenvalue weighted by molar-refractivity contribution is -0.153. The molecule has 1 spiro atoms. The average Bonchev–Trinajstić information content (AvgIpc) is 3.20. The molecule has 0 aromatic heterocycles. The van der Waals surface area contributed by atoms with Gasteiger partial charge < -0.3 is 10.8 Å². The van der Waals surface area contributed by atoms with Crippen LogP contribution in [0.25, 0.3) is 0 Å². The summed E-state index contributed by atoms with van der Waals surface area (Å²) in [5.41, 5.74) is 5.86. The Kier molecular flexibility index (Phi) is 3.33. The third-order valence-electron chi connectivity index (χ3n) is 6.56. The first-order valence-corrected chi connectivity index (χ1v) is 8.75. The fraction of sp³-hybridized carbons (Fsp3) is 0.474. The summed E-state index contributed by atoms with van der Waals surface area (Å²) in [5.74, 6) is -2.17. The molecule has 5 heteroatoms. The Morgan fingerprint density at radius 3 is 2.42 bits per heavy atom. The van der Waals surface area contributed by atoms with Gasteiger partial charge in [0, 0.05) is 5.02 Å². The van der Waals surface area contributed by atoms with Crippen LogP contribution in [0.1, 0.15) is 24.8 Å². The molecule has 3 aliphatic rings. The van der Waals surface area contributed by atoms with Gasteiger partial charge in [0.25, 0.3) is 0 Å². The molecule has 4 rings (SSSR count). The van der Waals surface area contributed by atoms with E-state index < -0.39 is 23.2 Å². The number of aryl methyl sites for hydroxylation is 1. The molecule has 1 amide bonds. The summed E-state index contributed by atoms with van der Waals surface area (Å²) in [7, 11) is 0. The number of nitrogens with two attached hydrogens (primary N) is 1. The minimum Gasteiger partial charge on any atom is -0.481 e. The molecule has 126 valence electrons. The van der Waals surface area contributed by atoms with Crippen molar-refractivity contribution >= 4 is 23.5 Å². The van der Waals surface area contributed by atoms with Crippen LogP contribution < -0.4 is 5.73 Å². The first kappa shape index (κ1) is 15.7. The van der Waals surface area contributed by atoms with Crippen LogP contribution in [-0.2, 0) is 16.0 Å². The number of carbonyl (C=O) groups is 2. The minimum absolute atomic E-state index is 0.0297. The van der Waals surface area contributed by atoms with Gasteiger partial charge in [0.2, 0.25) is 5.91 Å². The van der Waals surface area contributed by atoms with Crippen LogP contribution in [0.5, 0.6) is 0 Å². The predicted molar refractivity (Wildman–Crippen MR) is 90.3 cm³/mol. The number of rotatable bonds is 5. The fourth-order valence-corrected chi connectivity index (χ4v) is 5.49. The molecule has 0 heterocycles. The van der Waals surface area contributed by atoms with Gasteiger partial charge in [-0.3, -0.25) is 9.59 Å². The number of hydrogen-bond donors (Lipinski definition) is 2. The molecule has 0 aliphatic heterocycles. The largest absolute Gasteiger partial charge is 0.481 e. The Labute approximate surface area is 145 Å². The summed E-state index contributed by atoms with van der Waals surface area (Å²) in [6.07, 6.45) is 7.15. The molecule has 1 aromatic carbocycles. The fourth-order valence-electron chi connectivity index (χ4n) is 5.37. The molecular weight excluding hydrogens is 326 g/mol. The maximum absolute atomic E-state index is 12.5. The van der Waals surface area contributed by atoms with E-state index in [2.05, 4.69) is 6.08 Å². The van der Waals surface area contributed by atoms with Crippen molar-refractivity contribution in [1.29, 1.82) is 0 Å². The van der Waals surface area contributed by atoms with Crippen LogP contribution in [0.4, 0.5) is 0 Å². The lowest BCUT2D eigenvalue weighted by atomic mass is 9.64. The SMILES string of the molecule is NC(=O)[C@@]1(CCc2ccc(Cl)cc2)[C@H](C(=O)O)[C@H]2C=C[C@H]1C21CC1. The van der Waals surface area contributed by atoms with E-state index in [0.29, 0.717) is 17.9 Å². The normalized spacial score (nSPS) is 34.6. The van der Waals surface area contributed by atoms with E-state index in [-0.39, 0.29) is 17.3 Å². The summed E-state index contributed by atoms with van der Waals surface area (Å²) >= 11 is 5.92. The summed E-state index contributed by atoms with van der Waals surface area (Å²) < 4.78 is 0. The number of carbonyl (C=O) groups excluding carboxylic acids is 1. The molecule has 3 N–H and O–H groups in total. The molecule has 1 aromatic rings. The molecule has 2 saturated carbocycles. The maximum Gasteiger partial charge on any atom is 0.308 e. The van der Waals surface area contributed by atoms with Crippen molar-refractivity contribution in [3.8, 4) is 0 Å². The van der Waals surface area contributed by atoms with Gasteiger partial charge in [0.05, 0.1) is 11.3 Å². The summed E-state index contributed by atoms with van der Waals surface area (Å²) in [4.78, 5) is 24.5. The number of amides is 1. The number of benzene rings is 1. The van der Waals surface area contributed by atoms with Gasteiger partial charge in [-0.2, -0.15) is 0 Å². The summed E-state index contributed by atoms with van der Waals surface area (Å²) in [5, 5.41) is 10.5. The third-order valence-corrected chi connectivity index (χ3v) is 6.81. The van der Waals surface area contributed by atoms with Gasteiger partial charge in [0.1, 0.15) is 0 Å². The standard InChI is InChI=1S/C19H20ClNO3/c20-12-3-1-11(2-4-12)7-8-19(17(21)24)14-6-5-13(15(19)16(22)23)18(14)9-10-18/h1-6,13-15H,7-10H2,(H2,21,24)(H,22,23)/t13-,14+,15+,19-/m1/s1. The number of hydrogen-bond acceptors (Lipinski definition) is 2. The lowest BCUT2D eigenvalue weighted by Gasteiger charge is -2.37. The maximum atomic E-state index is 12.5. The van der Waals surface area contributed by atoms with Crippen molar-refractivity contribution in [3.63, 3.8) is 0 Å². The van der Waals surface area contributed by atoms with Crippen molar-refractivity contribution in [2.24, 2.45) is 34.3 Å². The van der Waals surface area contributed by atoms with E-state index in [1.165, 1.54) is 0 Å². The highest BCUT2D eigenvalue weighted by Gasteiger charge is 2.76. The minimum atomic E-state index is -0.985. The Morgan fingerprint density at radius 1 is 1.21 bits per heavy atom. The van der Waals surface area contributed by atoms with Gasteiger partial charge in [-0.1, -0.05) is 35.9 Å². The van der Waals surface area contributed by atoms with Crippen LogP contribution in [0.3, 0.4) is 0 Å². The third kappa shape index (κ3) is 1.92. The van der Waals surface area contributed by atoms with E-state index in [4.69, 9.17) is 17.3 Å². The molecular formula is C19H20ClNO3. The second-order valence-electron chi connectivity index (χ2n) is 7.47. The monoisotopic (exact) mass is 345 g/mol. The van der Waals surface area contributed by atoms with Crippen molar-refractivity contribution in [3.05, 3.63) is 47.0 Å². The lowest BCUT2D eigenvalue weighted by Crippen LogP contribution is -2.49. The molecule has 0 unspecified atom stereocenters. The zero-order valence-corrected chi connectivity index (χ0v) is 14.0. The number of carboxylic acids is 1. The first-order valence-electron chi connectivity index (χ1n) is 8.37. The smallest absolute Gasteiger partial charge is 0.308 e. The zero-order valence-electron chi connectivity index (χ0n) is 13.2. The zero-order chi connectivity index (χ0) is 17.1. The number of carboxylic acid groups (broad SMARTS) is 1.